The predicted molar refractivity (Wildman–Crippen MR) is 50.6 cm³/mol. The number of oxazole rings is 1. The lowest BCUT2D eigenvalue weighted by Gasteiger charge is -1.92. The Bertz CT molecular complexity index is 398. The number of aromatic nitrogens is 1. The van der Waals surface area contributed by atoms with Gasteiger partial charge in [0.25, 0.3) is 0 Å². The van der Waals surface area contributed by atoms with Crippen molar-refractivity contribution >= 4 is 0 Å². The molecule has 1 heterocycles. The topological polar surface area (TPSA) is 58.3 Å². The number of rotatable bonds is 3. The summed E-state index contributed by atoms with van der Waals surface area (Å²) in [5, 5.41) is 8.47. The van der Waals surface area contributed by atoms with Crippen molar-refractivity contribution in [2.45, 2.75) is 6.54 Å². The van der Waals surface area contributed by atoms with E-state index in [9.17, 15) is 0 Å². The Morgan fingerprint density at radius 3 is 2.79 bits per heavy atom. The molecule has 4 nitrogen and oxygen atoms in total. The number of nitrogens with zero attached hydrogens (tertiary/aromatic N) is 1. The first-order valence-corrected chi connectivity index (χ1v) is 4.27. The molecular formula is C10H10N2O2. The van der Waals surface area contributed by atoms with Crippen molar-refractivity contribution in [3.8, 4) is 11.5 Å². The molecule has 1 aromatic carbocycles. The van der Waals surface area contributed by atoms with Crippen LogP contribution in [-0.2, 0) is 6.54 Å². The first-order chi connectivity index (χ1) is 6.90. The highest BCUT2D eigenvalue weighted by atomic mass is 16.5. The molecule has 0 bridgehead atoms. The molecule has 0 aliphatic carbocycles. The van der Waals surface area contributed by atoms with E-state index in [4.69, 9.17) is 9.62 Å². The minimum atomic E-state index is 0.288. The van der Waals surface area contributed by atoms with Crippen molar-refractivity contribution in [3.05, 3.63) is 42.3 Å². The maximum absolute atomic E-state index is 8.47. The molecular weight excluding hydrogens is 180 g/mol. The second kappa shape index (κ2) is 4.04. The molecule has 0 aliphatic rings. The Kier molecular flexibility index (Phi) is 2.58. The second-order valence-corrected chi connectivity index (χ2v) is 2.84. The third-order valence-corrected chi connectivity index (χ3v) is 1.83. The molecule has 2 N–H and O–H groups in total. The third-order valence-electron chi connectivity index (χ3n) is 1.83. The van der Waals surface area contributed by atoms with E-state index in [0.29, 0.717) is 11.6 Å². The lowest BCUT2D eigenvalue weighted by Crippen LogP contribution is -2.05. The van der Waals surface area contributed by atoms with E-state index in [0.717, 1.165) is 5.56 Å². The number of hydrogen-bond acceptors (Lipinski definition) is 4. The molecule has 0 unspecified atom stereocenters. The predicted octanol–water partition coefficient (Wildman–Crippen LogP) is 1.82. The molecule has 2 aromatic rings. The fourth-order valence-corrected chi connectivity index (χ4v) is 1.18. The maximum Gasteiger partial charge on any atom is 0.226 e. The zero-order valence-electron chi connectivity index (χ0n) is 7.47. The third kappa shape index (κ3) is 1.81. The first kappa shape index (κ1) is 8.93. The fraction of sp³-hybridized carbons (Fsp3) is 0.100. The summed E-state index contributed by atoms with van der Waals surface area (Å²) in [4.78, 5) is 4.18. The highest BCUT2D eigenvalue weighted by molar-refractivity contribution is 5.52. The second-order valence-electron chi connectivity index (χ2n) is 2.84. The van der Waals surface area contributed by atoms with Crippen LogP contribution in [0.5, 0.6) is 0 Å². The van der Waals surface area contributed by atoms with Gasteiger partial charge in [-0.1, -0.05) is 18.2 Å². The van der Waals surface area contributed by atoms with Gasteiger partial charge in [0.1, 0.15) is 6.26 Å². The van der Waals surface area contributed by atoms with Crippen molar-refractivity contribution in [1.29, 1.82) is 0 Å². The minimum Gasteiger partial charge on any atom is -0.444 e. The molecule has 0 aliphatic heterocycles. The summed E-state index contributed by atoms with van der Waals surface area (Å²) in [6.07, 6.45) is 1.52. The van der Waals surface area contributed by atoms with Gasteiger partial charge in [0, 0.05) is 5.56 Å². The highest BCUT2D eigenvalue weighted by Gasteiger charge is 2.04. The number of nitrogens with one attached hydrogen (secondary N) is 1. The van der Waals surface area contributed by atoms with Gasteiger partial charge in [-0.15, -0.1) is 0 Å². The molecule has 0 saturated heterocycles. The van der Waals surface area contributed by atoms with Crippen LogP contribution in [0.3, 0.4) is 0 Å². The van der Waals surface area contributed by atoms with E-state index in [1.165, 1.54) is 6.26 Å². The quantitative estimate of drug-likeness (QED) is 0.725. The summed E-state index contributed by atoms with van der Waals surface area (Å²) in [5.41, 5.74) is 3.63. The Morgan fingerprint density at radius 2 is 2.07 bits per heavy atom. The van der Waals surface area contributed by atoms with Crippen molar-refractivity contribution < 1.29 is 9.62 Å². The Labute approximate surface area is 81.2 Å². The molecule has 14 heavy (non-hydrogen) atoms. The minimum absolute atomic E-state index is 0.288. The van der Waals surface area contributed by atoms with E-state index in [-0.39, 0.29) is 6.54 Å². The molecule has 0 amide bonds. The molecule has 0 fully saturated rings. The van der Waals surface area contributed by atoms with Crippen LogP contribution in [0.4, 0.5) is 0 Å². The van der Waals surface area contributed by atoms with Gasteiger partial charge in [-0.3, -0.25) is 0 Å². The number of hydroxylamine groups is 1. The van der Waals surface area contributed by atoms with E-state index in [1.54, 1.807) is 0 Å². The Hall–Kier alpha value is -1.65. The van der Waals surface area contributed by atoms with Crippen LogP contribution in [0.2, 0.25) is 0 Å². The monoisotopic (exact) mass is 190 g/mol. The van der Waals surface area contributed by atoms with Crippen molar-refractivity contribution in [3.63, 3.8) is 0 Å². The van der Waals surface area contributed by atoms with Gasteiger partial charge in [0.2, 0.25) is 5.89 Å². The van der Waals surface area contributed by atoms with Gasteiger partial charge in [-0.2, -0.15) is 5.48 Å². The summed E-state index contributed by atoms with van der Waals surface area (Å²) in [7, 11) is 0. The fourth-order valence-electron chi connectivity index (χ4n) is 1.18. The molecule has 1 aromatic heterocycles. The van der Waals surface area contributed by atoms with Crippen LogP contribution < -0.4 is 5.48 Å². The largest absolute Gasteiger partial charge is 0.444 e. The van der Waals surface area contributed by atoms with Gasteiger partial charge in [-0.05, 0) is 12.1 Å². The van der Waals surface area contributed by atoms with E-state index in [1.807, 2.05) is 35.8 Å². The van der Waals surface area contributed by atoms with Gasteiger partial charge in [-0.25, -0.2) is 4.98 Å². The van der Waals surface area contributed by atoms with Gasteiger partial charge < -0.3 is 9.62 Å². The molecule has 2 rings (SSSR count). The Morgan fingerprint density at radius 1 is 1.29 bits per heavy atom. The van der Waals surface area contributed by atoms with Crippen LogP contribution in [-0.4, -0.2) is 10.2 Å². The number of benzene rings is 1. The first-order valence-electron chi connectivity index (χ1n) is 4.27. The molecule has 4 heteroatoms. The summed E-state index contributed by atoms with van der Waals surface area (Å²) >= 11 is 0. The maximum atomic E-state index is 8.47. The zero-order valence-corrected chi connectivity index (χ0v) is 7.47. The van der Waals surface area contributed by atoms with Crippen LogP contribution in [0.1, 0.15) is 5.69 Å². The molecule has 0 radical (unpaired) electrons. The van der Waals surface area contributed by atoms with Crippen molar-refractivity contribution in [1.82, 2.24) is 10.5 Å². The molecule has 0 spiro atoms. The smallest absolute Gasteiger partial charge is 0.226 e. The zero-order chi connectivity index (χ0) is 9.80. The summed E-state index contributed by atoms with van der Waals surface area (Å²) in [5.74, 6) is 0.566. The van der Waals surface area contributed by atoms with E-state index >= 15 is 0 Å². The van der Waals surface area contributed by atoms with E-state index in [2.05, 4.69) is 4.98 Å². The average molecular weight is 190 g/mol. The van der Waals surface area contributed by atoms with Crippen LogP contribution in [0.25, 0.3) is 11.5 Å². The summed E-state index contributed by atoms with van der Waals surface area (Å²) < 4.78 is 5.24. The van der Waals surface area contributed by atoms with Crippen LogP contribution in [0, 0.1) is 0 Å². The van der Waals surface area contributed by atoms with E-state index < -0.39 is 0 Å². The number of hydrogen-bond donors (Lipinski definition) is 2. The molecule has 0 atom stereocenters. The van der Waals surface area contributed by atoms with Crippen LogP contribution >= 0.6 is 0 Å². The summed E-state index contributed by atoms with van der Waals surface area (Å²) in [6, 6.07) is 9.61. The highest BCUT2D eigenvalue weighted by Crippen LogP contribution is 2.17. The normalized spacial score (nSPS) is 10.4. The van der Waals surface area contributed by atoms with Crippen molar-refractivity contribution in [2.75, 3.05) is 0 Å². The Balaban J connectivity index is 2.25. The van der Waals surface area contributed by atoms with Gasteiger partial charge in [0.15, 0.2) is 0 Å². The van der Waals surface area contributed by atoms with Gasteiger partial charge in [0.05, 0.1) is 12.2 Å². The SMILES string of the molecule is ONCc1coc(-c2ccccc2)n1. The average Bonchev–Trinajstić information content (AvgIpc) is 2.68. The van der Waals surface area contributed by atoms with Crippen LogP contribution in [0.15, 0.2) is 41.0 Å². The van der Waals surface area contributed by atoms with Crippen molar-refractivity contribution in [2.24, 2.45) is 0 Å². The lowest BCUT2D eigenvalue weighted by molar-refractivity contribution is 0.160. The summed E-state index contributed by atoms with van der Waals surface area (Å²) in [6.45, 7) is 0.288. The lowest BCUT2D eigenvalue weighted by atomic mass is 10.2. The van der Waals surface area contributed by atoms with Gasteiger partial charge >= 0.3 is 0 Å². The molecule has 72 valence electrons. The molecule has 0 saturated carbocycles. The standard InChI is InChI=1S/C10H10N2O2/c13-11-6-9-7-14-10(12-9)8-4-2-1-3-5-8/h1-5,7,11,13H,6H2.